The zero-order valence-corrected chi connectivity index (χ0v) is 15.3. The number of rotatable bonds is 0. The minimum Gasteiger partial charge on any atom is -0.247 e. The minimum atomic E-state index is -0.543. The Morgan fingerprint density at radius 3 is 2.18 bits per heavy atom. The third kappa shape index (κ3) is 1.75. The molecule has 0 aliphatic heterocycles. The van der Waals surface area contributed by atoms with Crippen LogP contribution in [0.2, 0.25) is 0 Å². The minimum absolute atomic E-state index is 0.283. The lowest BCUT2D eigenvalue weighted by molar-refractivity contribution is -0.109. The Kier molecular flexibility index (Phi) is 3.17. The summed E-state index contributed by atoms with van der Waals surface area (Å²) in [5.74, 6) is 3.30. The fraction of sp³-hybridized carbons (Fsp3) is 1.00. The zero-order chi connectivity index (χ0) is 15.9. The molecule has 0 aromatic rings. The van der Waals surface area contributed by atoms with Gasteiger partial charge in [0.05, 0.1) is 0 Å². The van der Waals surface area contributed by atoms with Gasteiger partial charge < -0.3 is 0 Å². The fourth-order valence-corrected chi connectivity index (χ4v) is 7.95. The summed E-state index contributed by atoms with van der Waals surface area (Å²) in [5.41, 5.74) is 1.34. The van der Waals surface area contributed by atoms with Crippen LogP contribution in [0, 0.1) is 45.8 Å². The lowest BCUT2D eigenvalue weighted by atomic mass is 9.45. The van der Waals surface area contributed by atoms with Gasteiger partial charge in [-0.3, -0.25) is 0 Å². The molecule has 5 rings (SSSR count). The standard InChI is InChI=1S/C21H35F/c1-13-10-15-12-20(13)6-8-21(9-7-20,19(3,4)5)18-14(2)17(22)11-16(15)18/h13-18H,6-12H2,1-5H3. The van der Waals surface area contributed by atoms with Gasteiger partial charge in [-0.15, -0.1) is 0 Å². The van der Waals surface area contributed by atoms with Crippen molar-refractivity contribution in [1.29, 1.82) is 0 Å². The summed E-state index contributed by atoms with van der Waals surface area (Å²) in [7, 11) is 0. The molecule has 1 heteroatoms. The molecule has 5 aliphatic rings. The second-order valence-corrected chi connectivity index (χ2v) is 10.7. The van der Waals surface area contributed by atoms with Crippen LogP contribution >= 0.6 is 0 Å². The van der Waals surface area contributed by atoms with Gasteiger partial charge in [0.25, 0.3) is 0 Å². The predicted octanol–water partition coefficient (Wildman–Crippen LogP) is 6.25. The Morgan fingerprint density at radius 2 is 1.59 bits per heavy atom. The van der Waals surface area contributed by atoms with E-state index in [9.17, 15) is 4.39 Å². The number of hydrogen-bond donors (Lipinski definition) is 0. The Morgan fingerprint density at radius 1 is 0.955 bits per heavy atom. The first kappa shape index (κ1) is 15.5. The molecule has 0 heterocycles. The summed E-state index contributed by atoms with van der Waals surface area (Å²) in [5, 5.41) is 0. The van der Waals surface area contributed by atoms with E-state index in [0.29, 0.717) is 28.1 Å². The molecule has 5 fully saturated rings. The monoisotopic (exact) mass is 306 g/mol. The van der Waals surface area contributed by atoms with Crippen LogP contribution in [-0.2, 0) is 0 Å². The van der Waals surface area contributed by atoms with Crippen molar-refractivity contribution < 1.29 is 4.39 Å². The first-order valence-corrected chi connectivity index (χ1v) is 9.84. The van der Waals surface area contributed by atoms with E-state index in [4.69, 9.17) is 0 Å². The Balaban J connectivity index is 1.84. The lowest BCUT2D eigenvalue weighted by Gasteiger charge is -2.60. The topological polar surface area (TPSA) is 0 Å². The molecule has 0 N–H and O–H groups in total. The van der Waals surface area contributed by atoms with Gasteiger partial charge in [-0.25, -0.2) is 4.39 Å². The van der Waals surface area contributed by atoms with Crippen LogP contribution in [0.1, 0.15) is 79.6 Å². The third-order valence-electron chi connectivity index (χ3n) is 9.34. The molecule has 6 atom stereocenters. The Hall–Kier alpha value is -0.0700. The summed E-state index contributed by atoms with van der Waals surface area (Å²) >= 11 is 0. The first-order chi connectivity index (χ1) is 10.2. The Labute approximate surface area is 136 Å². The molecule has 0 nitrogen and oxygen atoms in total. The number of alkyl halides is 1. The summed E-state index contributed by atoms with van der Waals surface area (Å²) in [6.45, 7) is 12.1. The number of halogens is 1. The lowest BCUT2D eigenvalue weighted by Crippen LogP contribution is -2.52. The van der Waals surface area contributed by atoms with E-state index in [1.54, 1.807) is 0 Å². The quantitative estimate of drug-likeness (QED) is 0.496. The van der Waals surface area contributed by atoms with Gasteiger partial charge in [0.2, 0.25) is 0 Å². The van der Waals surface area contributed by atoms with E-state index < -0.39 is 6.17 Å². The van der Waals surface area contributed by atoms with E-state index in [1.807, 2.05) is 0 Å². The molecule has 5 saturated carbocycles. The van der Waals surface area contributed by atoms with Crippen LogP contribution in [0.25, 0.3) is 0 Å². The van der Waals surface area contributed by atoms with Crippen molar-refractivity contribution in [2.24, 2.45) is 45.8 Å². The van der Waals surface area contributed by atoms with Crippen LogP contribution in [0.3, 0.4) is 0 Å². The van der Waals surface area contributed by atoms with Crippen molar-refractivity contribution in [3.05, 3.63) is 0 Å². The molecule has 5 aliphatic carbocycles. The highest BCUT2D eigenvalue weighted by Gasteiger charge is 2.65. The molecule has 126 valence electrons. The Bertz CT molecular complexity index is 451. The second-order valence-electron chi connectivity index (χ2n) is 10.7. The van der Waals surface area contributed by atoms with E-state index in [1.165, 1.54) is 38.5 Å². The highest BCUT2D eigenvalue weighted by molar-refractivity contribution is 5.14. The van der Waals surface area contributed by atoms with Crippen molar-refractivity contribution in [2.45, 2.75) is 85.7 Å². The highest BCUT2D eigenvalue weighted by atomic mass is 19.1. The molecule has 3 bridgehead atoms. The third-order valence-corrected chi connectivity index (χ3v) is 9.34. The van der Waals surface area contributed by atoms with Crippen molar-refractivity contribution in [1.82, 2.24) is 0 Å². The molecule has 22 heavy (non-hydrogen) atoms. The van der Waals surface area contributed by atoms with Gasteiger partial charge in [-0.05, 0) is 90.8 Å². The fourth-order valence-electron chi connectivity index (χ4n) is 7.95. The van der Waals surface area contributed by atoms with E-state index in [-0.39, 0.29) is 5.92 Å². The van der Waals surface area contributed by atoms with Gasteiger partial charge in [0, 0.05) is 0 Å². The molecule has 1 spiro atoms. The molecule has 0 aromatic heterocycles. The van der Waals surface area contributed by atoms with Crippen molar-refractivity contribution in [3.63, 3.8) is 0 Å². The predicted molar refractivity (Wildman–Crippen MR) is 90.3 cm³/mol. The van der Waals surface area contributed by atoms with Crippen LogP contribution in [0.5, 0.6) is 0 Å². The van der Waals surface area contributed by atoms with Gasteiger partial charge in [-0.1, -0.05) is 34.6 Å². The maximum absolute atomic E-state index is 14.8. The number of fused-ring (bicyclic) bond motifs is 2. The van der Waals surface area contributed by atoms with Crippen LogP contribution < -0.4 is 0 Å². The molecule has 0 aromatic carbocycles. The van der Waals surface area contributed by atoms with E-state index >= 15 is 0 Å². The maximum Gasteiger partial charge on any atom is 0.103 e. The summed E-state index contributed by atoms with van der Waals surface area (Å²) in [4.78, 5) is 0. The molecule has 0 radical (unpaired) electrons. The molecular weight excluding hydrogens is 271 g/mol. The van der Waals surface area contributed by atoms with Gasteiger partial charge in [0.15, 0.2) is 0 Å². The zero-order valence-electron chi connectivity index (χ0n) is 15.3. The van der Waals surface area contributed by atoms with E-state index in [2.05, 4.69) is 34.6 Å². The van der Waals surface area contributed by atoms with Crippen molar-refractivity contribution in [3.8, 4) is 0 Å². The second kappa shape index (κ2) is 4.51. The first-order valence-electron chi connectivity index (χ1n) is 9.84. The van der Waals surface area contributed by atoms with Crippen LogP contribution in [0.15, 0.2) is 0 Å². The van der Waals surface area contributed by atoms with Crippen molar-refractivity contribution >= 4 is 0 Å². The molecule has 0 amide bonds. The van der Waals surface area contributed by atoms with Gasteiger partial charge in [0.1, 0.15) is 6.17 Å². The number of hydrogen-bond acceptors (Lipinski definition) is 0. The average Bonchev–Trinajstić information content (AvgIpc) is 2.90. The van der Waals surface area contributed by atoms with E-state index in [0.717, 1.165) is 18.3 Å². The van der Waals surface area contributed by atoms with Crippen LogP contribution in [0.4, 0.5) is 4.39 Å². The maximum atomic E-state index is 14.8. The molecule has 0 saturated heterocycles. The highest BCUT2D eigenvalue weighted by Crippen LogP contribution is 2.72. The van der Waals surface area contributed by atoms with Gasteiger partial charge in [-0.2, -0.15) is 0 Å². The molecule has 6 unspecified atom stereocenters. The van der Waals surface area contributed by atoms with Gasteiger partial charge >= 0.3 is 0 Å². The normalized spacial score (nSPS) is 57.5. The largest absolute Gasteiger partial charge is 0.247 e. The SMILES string of the molecule is CC1C(F)CC2C3CC(C)C4(CCC(C(C)(C)C)(CC4)C12)C3. The van der Waals surface area contributed by atoms with Crippen LogP contribution in [-0.4, -0.2) is 6.17 Å². The smallest absolute Gasteiger partial charge is 0.103 e. The average molecular weight is 307 g/mol. The summed E-state index contributed by atoms with van der Waals surface area (Å²) in [6.07, 6.45) is 8.73. The summed E-state index contributed by atoms with van der Waals surface area (Å²) in [6, 6.07) is 0. The molecular formula is C21H35F. The summed E-state index contributed by atoms with van der Waals surface area (Å²) < 4.78 is 14.8. The van der Waals surface area contributed by atoms with Crippen molar-refractivity contribution in [2.75, 3.05) is 0 Å².